The average Bonchev–Trinajstić information content (AvgIpc) is 3.58. The van der Waals surface area contributed by atoms with Gasteiger partial charge in [-0.2, -0.15) is 4.80 Å². The Labute approximate surface area is 224 Å². The van der Waals surface area contributed by atoms with E-state index in [0.717, 1.165) is 52.0 Å². The maximum absolute atomic E-state index is 10.9. The molecule has 1 saturated heterocycles. The monoisotopic (exact) mass is 528 g/mol. The Kier molecular flexibility index (Phi) is 6.19. The van der Waals surface area contributed by atoms with Gasteiger partial charge in [0, 0.05) is 31.5 Å². The van der Waals surface area contributed by atoms with E-state index in [-0.39, 0.29) is 12.1 Å². The lowest BCUT2D eigenvalue weighted by Crippen LogP contribution is -2.48. The zero-order chi connectivity index (χ0) is 26.3. The van der Waals surface area contributed by atoms with Crippen LogP contribution in [-0.2, 0) is 11.3 Å². The largest absolute Gasteiger partial charge is 0.482 e. The molecule has 2 aromatic carbocycles. The summed E-state index contributed by atoms with van der Waals surface area (Å²) in [6, 6.07) is 17.0. The van der Waals surface area contributed by atoms with E-state index in [0.29, 0.717) is 11.7 Å². The summed E-state index contributed by atoms with van der Waals surface area (Å²) < 4.78 is 6.71. The molecule has 0 atom stereocenters. The van der Waals surface area contributed by atoms with Crippen molar-refractivity contribution in [1.29, 1.82) is 0 Å². The van der Waals surface area contributed by atoms with Gasteiger partial charge >= 0.3 is 5.97 Å². The first-order chi connectivity index (χ1) is 18.4. The number of ether oxygens (including phenoxy) is 1. The van der Waals surface area contributed by atoms with Crippen molar-refractivity contribution in [1.82, 2.24) is 25.2 Å². The lowest BCUT2D eigenvalue weighted by molar-refractivity contribution is -0.138. The molecule has 2 aliphatic heterocycles. The van der Waals surface area contributed by atoms with Gasteiger partial charge in [0.2, 0.25) is 5.82 Å². The van der Waals surface area contributed by atoms with E-state index in [1.54, 1.807) is 6.20 Å². The van der Waals surface area contributed by atoms with Crippen LogP contribution in [-0.4, -0.2) is 55.0 Å². The summed E-state index contributed by atoms with van der Waals surface area (Å²) in [5.74, 6) is 0.717. The van der Waals surface area contributed by atoms with Gasteiger partial charge in [0.05, 0.1) is 11.1 Å². The number of tetrazole rings is 1. The number of aromatic nitrogens is 5. The van der Waals surface area contributed by atoms with Crippen LogP contribution in [0.1, 0.15) is 49.3 Å². The number of aliphatic carboxylic acids is 1. The van der Waals surface area contributed by atoms with Gasteiger partial charge in [0.15, 0.2) is 11.7 Å². The second kappa shape index (κ2) is 9.68. The topological polar surface area (TPSA) is 106 Å². The van der Waals surface area contributed by atoms with Crippen LogP contribution >= 0.6 is 11.3 Å². The third-order valence-electron chi connectivity index (χ3n) is 7.09. The summed E-state index contributed by atoms with van der Waals surface area (Å²) >= 11 is 1.48. The molecular weight excluding hydrogens is 500 g/mol. The molecule has 0 saturated carbocycles. The average molecular weight is 529 g/mol. The number of carbonyl (C=O) groups is 1. The van der Waals surface area contributed by atoms with Crippen LogP contribution in [0.5, 0.6) is 5.75 Å². The predicted molar refractivity (Wildman–Crippen MR) is 145 cm³/mol. The number of benzene rings is 2. The molecule has 6 rings (SSSR count). The summed E-state index contributed by atoms with van der Waals surface area (Å²) in [5, 5.41) is 21.8. The highest BCUT2D eigenvalue weighted by atomic mass is 32.1. The van der Waals surface area contributed by atoms with Crippen molar-refractivity contribution in [2.45, 2.75) is 44.8 Å². The fraction of sp³-hybridized carbons (Fsp3) is 0.321. The molecule has 38 heavy (non-hydrogen) atoms. The number of carboxylic acid groups (broad SMARTS) is 1. The zero-order valence-corrected chi connectivity index (χ0v) is 22.1. The second-order valence-electron chi connectivity index (χ2n) is 9.99. The second-order valence-corrected chi connectivity index (χ2v) is 11.0. The highest BCUT2D eigenvalue weighted by Crippen LogP contribution is 2.45. The molecule has 0 bridgehead atoms. The minimum absolute atomic E-state index is 0.326. The number of carboxylic acids is 1. The number of rotatable bonds is 6. The lowest BCUT2D eigenvalue weighted by Gasteiger charge is -2.43. The van der Waals surface area contributed by atoms with Crippen LogP contribution in [0.2, 0.25) is 0 Å². The maximum atomic E-state index is 10.9. The standard InChI is InChI=1S/C28H28N6O3S/c1-18(2)19-7-3-4-8-20(19)22-15-28(37-23-10-6-5-9-21(22)23)11-13-33(14-12-28)27-29-16-24(38-27)26-30-32-34(31-26)17-25(35)36/h3-10,15-16,18H,11-14,17H2,1-2H3,(H,35,36). The third-order valence-corrected chi connectivity index (χ3v) is 8.15. The van der Waals surface area contributed by atoms with E-state index in [9.17, 15) is 4.79 Å². The van der Waals surface area contributed by atoms with Crippen LogP contribution in [0.15, 0.2) is 60.8 Å². The fourth-order valence-corrected chi connectivity index (χ4v) is 6.10. The molecule has 4 heterocycles. The molecule has 2 aliphatic rings. The van der Waals surface area contributed by atoms with Crippen molar-refractivity contribution in [3.63, 3.8) is 0 Å². The van der Waals surface area contributed by atoms with E-state index >= 15 is 0 Å². The smallest absolute Gasteiger partial charge is 0.327 e. The number of hydrogen-bond acceptors (Lipinski definition) is 8. The quantitative estimate of drug-likeness (QED) is 0.378. The summed E-state index contributed by atoms with van der Waals surface area (Å²) in [4.78, 5) is 19.6. The predicted octanol–water partition coefficient (Wildman–Crippen LogP) is 4.87. The number of nitrogens with zero attached hydrogens (tertiary/aromatic N) is 6. The van der Waals surface area contributed by atoms with Crippen LogP contribution in [0, 0.1) is 0 Å². The molecule has 9 nitrogen and oxygen atoms in total. The van der Waals surface area contributed by atoms with Crippen LogP contribution < -0.4 is 9.64 Å². The van der Waals surface area contributed by atoms with Gasteiger partial charge < -0.3 is 14.7 Å². The van der Waals surface area contributed by atoms with E-state index in [1.807, 2.05) is 6.07 Å². The highest BCUT2D eigenvalue weighted by Gasteiger charge is 2.40. The number of anilines is 1. The SMILES string of the molecule is CC(C)c1ccccc1C1=CC2(CCN(c3ncc(-c4nnn(CC(=O)O)n4)s3)CC2)Oc2ccccc21. The van der Waals surface area contributed by atoms with Crippen molar-refractivity contribution >= 4 is 28.0 Å². The summed E-state index contributed by atoms with van der Waals surface area (Å²) in [5.41, 5.74) is 4.62. The van der Waals surface area contributed by atoms with E-state index < -0.39 is 5.97 Å². The number of piperidine rings is 1. The molecule has 1 fully saturated rings. The Bertz CT molecular complexity index is 1520. The minimum atomic E-state index is -1.02. The van der Waals surface area contributed by atoms with Crippen LogP contribution in [0.25, 0.3) is 16.3 Å². The molecule has 194 valence electrons. The highest BCUT2D eigenvalue weighted by molar-refractivity contribution is 7.18. The summed E-state index contributed by atoms with van der Waals surface area (Å²) in [7, 11) is 0. The lowest BCUT2D eigenvalue weighted by atomic mass is 9.81. The third kappa shape index (κ3) is 4.56. The van der Waals surface area contributed by atoms with Gasteiger partial charge in [-0.1, -0.05) is 67.6 Å². The van der Waals surface area contributed by atoms with E-state index in [1.165, 1.54) is 28.0 Å². The van der Waals surface area contributed by atoms with Crippen molar-refractivity contribution in [3.8, 4) is 16.5 Å². The first kappa shape index (κ1) is 24.3. The van der Waals surface area contributed by atoms with Crippen molar-refractivity contribution in [2.75, 3.05) is 18.0 Å². The Hall–Kier alpha value is -4.05. The maximum Gasteiger partial charge on any atom is 0.327 e. The minimum Gasteiger partial charge on any atom is -0.482 e. The van der Waals surface area contributed by atoms with Gasteiger partial charge in [-0.25, -0.2) is 4.98 Å². The zero-order valence-electron chi connectivity index (χ0n) is 21.2. The molecule has 1 spiro atoms. The fourth-order valence-electron chi connectivity index (χ4n) is 5.20. The Morgan fingerprint density at radius 3 is 2.61 bits per heavy atom. The molecule has 10 heteroatoms. The van der Waals surface area contributed by atoms with Crippen molar-refractivity contribution < 1.29 is 14.6 Å². The molecule has 0 unspecified atom stereocenters. The number of thiazole rings is 1. The van der Waals surface area contributed by atoms with Crippen molar-refractivity contribution in [2.24, 2.45) is 0 Å². The first-order valence-electron chi connectivity index (χ1n) is 12.7. The van der Waals surface area contributed by atoms with Crippen LogP contribution in [0.3, 0.4) is 0 Å². The number of para-hydroxylation sites is 1. The van der Waals surface area contributed by atoms with Gasteiger partial charge in [-0.15, -0.1) is 10.2 Å². The number of fused-ring (bicyclic) bond motifs is 1. The molecule has 4 aromatic rings. The van der Waals surface area contributed by atoms with E-state index in [4.69, 9.17) is 9.84 Å². The van der Waals surface area contributed by atoms with Gasteiger partial charge in [-0.05, 0) is 40.0 Å². The molecule has 1 N–H and O–H groups in total. The molecular formula is C28H28N6O3S. The van der Waals surface area contributed by atoms with E-state index in [2.05, 4.69) is 87.7 Å². The van der Waals surface area contributed by atoms with Gasteiger partial charge in [0.25, 0.3) is 0 Å². The number of hydrogen-bond donors (Lipinski definition) is 1. The van der Waals surface area contributed by atoms with Crippen molar-refractivity contribution in [3.05, 3.63) is 77.5 Å². The molecule has 2 aromatic heterocycles. The first-order valence-corrected chi connectivity index (χ1v) is 13.5. The molecule has 0 radical (unpaired) electrons. The molecule has 0 aliphatic carbocycles. The molecule has 0 amide bonds. The Morgan fingerprint density at radius 2 is 1.84 bits per heavy atom. The van der Waals surface area contributed by atoms with Gasteiger partial charge in [0.1, 0.15) is 11.4 Å². The summed E-state index contributed by atoms with van der Waals surface area (Å²) in [6.45, 7) is 5.74. The Balaban J connectivity index is 1.25. The Morgan fingerprint density at radius 1 is 1.11 bits per heavy atom. The summed E-state index contributed by atoms with van der Waals surface area (Å²) in [6.07, 6.45) is 5.74. The van der Waals surface area contributed by atoms with Gasteiger partial charge in [-0.3, -0.25) is 4.79 Å². The normalized spacial score (nSPS) is 16.3. The van der Waals surface area contributed by atoms with Crippen LogP contribution in [0.4, 0.5) is 5.13 Å².